The average Bonchev–Trinajstić information content (AvgIpc) is 3.59. The van der Waals surface area contributed by atoms with Crippen molar-refractivity contribution in [1.82, 2.24) is 19.3 Å². The SMILES string of the molecule is CCCCc1ccnc(-n2c3ccc(C(C)(C)CC)cc3c3ccc(Oc4cccc(-n5nc(C)c(-c6ccccc6)c5C)c4)cc32)c1. The van der Waals surface area contributed by atoms with Crippen molar-refractivity contribution in [1.29, 1.82) is 0 Å². The van der Waals surface area contributed by atoms with Gasteiger partial charge < -0.3 is 4.74 Å². The number of hydrogen-bond donors (Lipinski definition) is 0. The molecule has 3 heterocycles. The van der Waals surface area contributed by atoms with Gasteiger partial charge in [-0.1, -0.05) is 76.6 Å². The molecule has 4 aromatic carbocycles. The van der Waals surface area contributed by atoms with Gasteiger partial charge in [-0.3, -0.25) is 4.57 Å². The number of fused-ring (bicyclic) bond motifs is 3. The molecule has 0 N–H and O–H groups in total. The Bertz CT molecular complexity index is 2240. The maximum atomic E-state index is 6.59. The predicted molar refractivity (Wildman–Crippen MR) is 199 cm³/mol. The minimum atomic E-state index is 0.0856. The zero-order valence-electron chi connectivity index (χ0n) is 28.9. The van der Waals surface area contributed by atoms with E-state index in [2.05, 4.69) is 131 Å². The van der Waals surface area contributed by atoms with Gasteiger partial charge in [-0.15, -0.1) is 0 Å². The van der Waals surface area contributed by atoms with E-state index in [1.165, 1.54) is 33.9 Å². The van der Waals surface area contributed by atoms with E-state index in [0.717, 1.165) is 70.3 Å². The molecule has 3 aromatic heterocycles. The Morgan fingerprint density at radius 1 is 0.750 bits per heavy atom. The summed E-state index contributed by atoms with van der Waals surface area (Å²) in [6.07, 6.45) is 6.39. The van der Waals surface area contributed by atoms with Gasteiger partial charge in [0.1, 0.15) is 17.3 Å². The molecule has 0 aliphatic carbocycles. The van der Waals surface area contributed by atoms with E-state index in [9.17, 15) is 0 Å². The number of aryl methyl sites for hydroxylation is 2. The van der Waals surface area contributed by atoms with Gasteiger partial charge in [0.25, 0.3) is 0 Å². The van der Waals surface area contributed by atoms with Crippen LogP contribution in [-0.2, 0) is 11.8 Å². The highest BCUT2D eigenvalue weighted by Gasteiger charge is 2.22. The van der Waals surface area contributed by atoms with Gasteiger partial charge in [0.15, 0.2) is 0 Å². The van der Waals surface area contributed by atoms with Crippen LogP contribution in [0.4, 0.5) is 0 Å². The quantitative estimate of drug-likeness (QED) is 0.151. The highest BCUT2D eigenvalue weighted by atomic mass is 16.5. The molecule has 5 nitrogen and oxygen atoms in total. The van der Waals surface area contributed by atoms with E-state index in [-0.39, 0.29) is 5.41 Å². The molecule has 0 fully saturated rings. The lowest BCUT2D eigenvalue weighted by molar-refractivity contribution is 0.482. The van der Waals surface area contributed by atoms with Gasteiger partial charge in [0, 0.05) is 40.4 Å². The normalized spacial score (nSPS) is 11.9. The summed E-state index contributed by atoms with van der Waals surface area (Å²) in [5.41, 5.74) is 10.4. The molecule has 0 spiro atoms. The number of pyridine rings is 1. The molecular formula is C43H44N4O. The summed E-state index contributed by atoms with van der Waals surface area (Å²) in [6.45, 7) is 13.3. The van der Waals surface area contributed by atoms with E-state index in [1.54, 1.807) is 0 Å². The van der Waals surface area contributed by atoms with Gasteiger partial charge in [-0.2, -0.15) is 5.10 Å². The first-order valence-electron chi connectivity index (χ1n) is 17.2. The molecule has 0 bridgehead atoms. The fourth-order valence-electron chi connectivity index (χ4n) is 6.79. The Morgan fingerprint density at radius 3 is 2.35 bits per heavy atom. The van der Waals surface area contributed by atoms with Crippen molar-refractivity contribution in [3.8, 4) is 34.1 Å². The van der Waals surface area contributed by atoms with Crippen molar-refractivity contribution < 1.29 is 4.74 Å². The Labute approximate surface area is 283 Å². The van der Waals surface area contributed by atoms with E-state index < -0.39 is 0 Å². The zero-order chi connectivity index (χ0) is 33.4. The summed E-state index contributed by atoms with van der Waals surface area (Å²) in [5.74, 6) is 2.47. The van der Waals surface area contributed by atoms with Crippen molar-refractivity contribution in [2.24, 2.45) is 0 Å². The first kappa shape index (κ1) is 31.4. The Balaban J connectivity index is 1.31. The number of aromatic nitrogens is 4. The summed E-state index contributed by atoms with van der Waals surface area (Å²) in [4.78, 5) is 4.89. The Morgan fingerprint density at radius 2 is 1.56 bits per heavy atom. The molecule has 0 aliphatic rings. The maximum Gasteiger partial charge on any atom is 0.137 e. The van der Waals surface area contributed by atoms with Gasteiger partial charge >= 0.3 is 0 Å². The molecule has 0 saturated carbocycles. The van der Waals surface area contributed by atoms with Crippen LogP contribution in [0.2, 0.25) is 0 Å². The van der Waals surface area contributed by atoms with Gasteiger partial charge in [0.05, 0.1) is 22.4 Å². The van der Waals surface area contributed by atoms with E-state index in [4.69, 9.17) is 14.8 Å². The Kier molecular flexibility index (Phi) is 8.38. The van der Waals surface area contributed by atoms with Crippen LogP contribution >= 0.6 is 0 Å². The molecule has 5 heteroatoms. The molecule has 7 aromatic rings. The fourth-order valence-corrected chi connectivity index (χ4v) is 6.79. The summed E-state index contributed by atoms with van der Waals surface area (Å²) in [7, 11) is 0. The van der Waals surface area contributed by atoms with E-state index in [1.807, 2.05) is 29.1 Å². The van der Waals surface area contributed by atoms with E-state index >= 15 is 0 Å². The van der Waals surface area contributed by atoms with Crippen LogP contribution in [0.3, 0.4) is 0 Å². The molecule has 48 heavy (non-hydrogen) atoms. The minimum absolute atomic E-state index is 0.0856. The third-order valence-electron chi connectivity index (χ3n) is 9.91. The molecule has 0 aliphatic heterocycles. The lowest BCUT2D eigenvalue weighted by Gasteiger charge is -2.23. The molecule has 0 saturated heterocycles. The highest BCUT2D eigenvalue weighted by molar-refractivity contribution is 6.09. The van der Waals surface area contributed by atoms with Gasteiger partial charge in [0.2, 0.25) is 0 Å². The second kappa shape index (κ2) is 12.8. The van der Waals surface area contributed by atoms with Crippen LogP contribution in [0, 0.1) is 13.8 Å². The number of benzene rings is 4. The van der Waals surface area contributed by atoms with Crippen LogP contribution < -0.4 is 4.74 Å². The van der Waals surface area contributed by atoms with E-state index in [0.29, 0.717) is 0 Å². The molecule has 242 valence electrons. The zero-order valence-corrected chi connectivity index (χ0v) is 28.9. The number of ether oxygens (including phenoxy) is 1. The standard InChI is InChI=1S/C43H44N4O/c1-7-9-14-31-23-24-44-41(25-31)46-39-22-19-33(43(5,6)8-2)26-38(39)37-21-20-36(28-40(37)46)48-35-18-13-17-34(27-35)47-30(4)42(29(3)45-47)32-15-11-10-12-16-32/h10-13,15-28H,7-9,14H2,1-6H3. The third-order valence-corrected chi connectivity index (χ3v) is 9.91. The monoisotopic (exact) mass is 632 g/mol. The topological polar surface area (TPSA) is 44.9 Å². The number of unbranched alkanes of at least 4 members (excludes halogenated alkanes) is 1. The third kappa shape index (κ3) is 5.79. The van der Waals surface area contributed by atoms with Crippen molar-refractivity contribution in [2.75, 3.05) is 0 Å². The number of hydrogen-bond acceptors (Lipinski definition) is 3. The second-order valence-corrected chi connectivity index (χ2v) is 13.5. The number of nitrogens with zero attached hydrogens (tertiary/aromatic N) is 4. The minimum Gasteiger partial charge on any atom is -0.457 e. The summed E-state index contributed by atoms with van der Waals surface area (Å²) >= 11 is 0. The van der Waals surface area contributed by atoms with Crippen LogP contribution in [0.5, 0.6) is 11.5 Å². The van der Waals surface area contributed by atoms with Crippen molar-refractivity contribution in [3.05, 3.63) is 132 Å². The molecule has 7 rings (SSSR count). The lowest BCUT2D eigenvalue weighted by Crippen LogP contribution is -2.15. The molecule has 0 atom stereocenters. The first-order chi connectivity index (χ1) is 23.3. The van der Waals surface area contributed by atoms with Crippen LogP contribution in [0.1, 0.15) is 69.5 Å². The van der Waals surface area contributed by atoms with Crippen LogP contribution in [0.25, 0.3) is 44.4 Å². The van der Waals surface area contributed by atoms with Crippen molar-refractivity contribution in [2.45, 2.75) is 72.6 Å². The predicted octanol–water partition coefficient (Wildman–Crippen LogP) is 11.5. The smallest absolute Gasteiger partial charge is 0.137 e. The summed E-state index contributed by atoms with van der Waals surface area (Å²) in [5, 5.41) is 7.35. The Hall–Kier alpha value is -5.16. The van der Waals surface area contributed by atoms with Crippen LogP contribution in [0.15, 0.2) is 109 Å². The molecule has 0 amide bonds. The molecule has 0 radical (unpaired) electrons. The fraction of sp³-hybridized carbons (Fsp3) is 0.256. The van der Waals surface area contributed by atoms with Gasteiger partial charge in [-0.05, 0) is 104 Å². The number of rotatable bonds is 10. The summed E-state index contributed by atoms with van der Waals surface area (Å²) < 4.78 is 10.9. The summed E-state index contributed by atoms with van der Waals surface area (Å²) in [6, 6.07) is 36.4. The molecule has 0 unspecified atom stereocenters. The average molecular weight is 633 g/mol. The van der Waals surface area contributed by atoms with Gasteiger partial charge in [-0.25, -0.2) is 9.67 Å². The second-order valence-electron chi connectivity index (χ2n) is 13.5. The first-order valence-corrected chi connectivity index (χ1v) is 17.2. The highest BCUT2D eigenvalue weighted by Crippen LogP contribution is 2.38. The van der Waals surface area contributed by atoms with Crippen molar-refractivity contribution in [3.63, 3.8) is 0 Å². The molecular weight excluding hydrogens is 589 g/mol. The lowest BCUT2D eigenvalue weighted by atomic mass is 9.82. The largest absolute Gasteiger partial charge is 0.457 e. The van der Waals surface area contributed by atoms with Crippen LogP contribution in [-0.4, -0.2) is 19.3 Å². The maximum absolute atomic E-state index is 6.59. The van der Waals surface area contributed by atoms with Crippen molar-refractivity contribution >= 4 is 21.8 Å².